The highest BCUT2D eigenvalue weighted by molar-refractivity contribution is 7.18. The molecular formula is C7H7N3OS. The van der Waals surface area contributed by atoms with Gasteiger partial charge < -0.3 is 4.74 Å². The predicted octanol–water partition coefficient (Wildman–Crippen LogP) is 1.13. The lowest BCUT2D eigenvalue weighted by atomic mass is 10.1. The van der Waals surface area contributed by atoms with E-state index in [2.05, 4.69) is 15.2 Å². The quantitative estimate of drug-likeness (QED) is 0.717. The molecule has 0 aliphatic carbocycles. The van der Waals surface area contributed by atoms with E-state index in [-0.39, 0.29) is 0 Å². The van der Waals surface area contributed by atoms with E-state index in [1.165, 1.54) is 5.01 Å². The maximum absolute atomic E-state index is 5.10. The Hall–Kier alpha value is -0.940. The summed E-state index contributed by atoms with van der Waals surface area (Å²) in [5, 5.41) is 7.98. The lowest BCUT2D eigenvalue weighted by Crippen LogP contribution is -2.24. The van der Waals surface area contributed by atoms with Crippen LogP contribution in [0.2, 0.25) is 0 Å². The fraction of sp³-hybridized carbons (Fsp3) is 0.429. The predicted molar refractivity (Wildman–Crippen MR) is 45.3 cm³/mol. The van der Waals surface area contributed by atoms with Crippen LogP contribution in [0, 0.1) is 0 Å². The van der Waals surface area contributed by atoms with Gasteiger partial charge in [-0.25, -0.2) is 4.98 Å². The third-order valence-electron chi connectivity index (χ3n) is 2.01. The Morgan fingerprint density at radius 2 is 2.50 bits per heavy atom. The first kappa shape index (κ1) is 6.56. The molecule has 0 amide bonds. The molecule has 3 rings (SSSR count). The fourth-order valence-electron chi connectivity index (χ4n) is 1.22. The van der Waals surface area contributed by atoms with Crippen LogP contribution in [0.5, 0.6) is 0 Å². The molecule has 1 aliphatic heterocycles. The van der Waals surface area contributed by atoms with Gasteiger partial charge in [-0.3, -0.25) is 5.10 Å². The number of hydrogen-bond donors (Lipinski definition) is 1. The summed E-state index contributed by atoms with van der Waals surface area (Å²) in [6.45, 7) is 1.65. The normalized spacial score (nSPS) is 18.3. The number of aromatic nitrogens is 3. The molecule has 0 bridgehead atoms. The third kappa shape index (κ3) is 0.804. The molecule has 2 aromatic rings. The molecule has 3 heterocycles. The molecule has 0 saturated carbocycles. The minimum Gasteiger partial charge on any atom is -0.380 e. The number of rotatable bonds is 1. The number of aromatic amines is 1. The Morgan fingerprint density at radius 1 is 1.58 bits per heavy atom. The van der Waals surface area contributed by atoms with E-state index < -0.39 is 0 Å². The maximum Gasteiger partial charge on any atom is 0.138 e. The van der Waals surface area contributed by atoms with Crippen molar-refractivity contribution in [1.82, 2.24) is 15.2 Å². The molecule has 1 fully saturated rings. The van der Waals surface area contributed by atoms with E-state index in [9.17, 15) is 0 Å². The Kier molecular flexibility index (Phi) is 1.24. The second kappa shape index (κ2) is 2.27. The van der Waals surface area contributed by atoms with Gasteiger partial charge in [-0.15, -0.1) is 0 Å². The van der Waals surface area contributed by atoms with Crippen molar-refractivity contribution in [2.75, 3.05) is 13.2 Å². The van der Waals surface area contributed by atoms with Crippen molar-refractivity contribution in [1.29, 1.82) is 0 Å². The fourth-order valence-corrected chi connectivity index (χ4v) is 2.18. The standard InChI is InChI=1S/C7H7N3OS/c1-5-7(10-8-1)12-6(9-5)4-2-11-3-4/h1,4H,2-3H2,(H,8,10). The van der Waals surface area contributed by atoms with Gasteiger partial charge in [-0.05, 0) is 0 Å². The topological polar surface area (TPSA) is 50.8 Å². The van der Waals surface area contributed by atoms with Crippen LogP contribution in [-0.2, 0) is 4.74 Å². The first-order valence-corrected chi connectivity index (χ1v) is 4.62. The monoisotopic (exact) mass is 181 g/mol. The average molecular weight is 181 g/mol. The summed E-state index contributed by atoms with van der Waals surface area (Å²) in [5.41, 5.74) is 0.974. The largest absolute Gasteiger partial charge is 0.380 e. The lowest BCUT2D eigenvalue weighted by Gasteiger charge is -2.23. The van der Waals surface area contributed by atoms with E-state index >= 15 is 0 Å². The number of nitrogens with zero attached hydrogens (tertiary/aromatic N) is 2. The highest BCUT2D eigenvalue weighted by Gasteiger charge is 2.24. The third-order valence-corrected chi connectivity index (χ3v) is 3.15. The van der Waals surface area contributed by atoms with Crippen molar-refractivity contribution in [2.24, 2.45) is 0 Å². The van der Waals surface area contributed by atoms with Gasteiger partial charge >= 0.3 is 0 Å². The first-order valence-electron chi connectivity index (χ1n) is 3.81. The number of fused-ring (bicyclic) bond motifs is 1. The molecule has 5 heteroatoms. The molecule has 0 radical (unpaired) electrons. The number of thiazole rings is 1. The summed E-state index contributed by atoms with van der Waals surface area (Å²) in [5.74, 6) is 0.524. The van der Waals surface area contributed by atoms with E-state index in [1.54, 1.807) is 17.5 Å². The number of nitrogens with one attached hydrogen (secondary N) is 1. The van der Waals surface area contributed by atoms with Crippen LogP contribution in [0.15, 0.2) is 6.20 Å². The number of ether oxygens (including phenoxy) is 1. The smallest absolute Gasteiger partial charge is 0.138 e. The van der Waals surface area contributed by atoms with Crippen LogP contribution >= 0.6 is 11.3 Å². The molecule has 1 saturated heterocycles. The zero-order chi connectivity index (χ0) is 7.97. The van der Waals surface area contributed by atoms with Crippen molar-refractivity contribution in [3.63, 3.8) is 0 Å². The van der Waals surface area contributed by atoms with Crippen molar-refractivity contribution < 1.29 is 4.74 Å². The van der Waals surface area contributed by atoms with Gasteiger partial charge in [-0.1, -0.05) is 11.3 Å². The SMILES string of the molecule is c1n[nH]c2sc(C3COC3)nc12. The molecule has 1 N–H and O–H groups in total. The second-order valence-electron chi connectivity index (χ2n) is 2.87. The molecule has 62 valence electrons. The van der Waals surface area contributed by atoms with Crippen LogP contribution in [0.4, 0.5) is 0 Å². The zero-order valence-electron chi connectivity index (χ0n) is 6.28. The van der Waals surface area contributed by atoms with Gasteiger partial charge in [-0.2, -0.15) is 5.10 Å². The van der Waals surface area contributed by atoms with Crippen molar-refractivity contribution in [3.05, 3.63) is 11.2 Å². The Balaban J connectivity index is 2.08. The van der Waals surface area contributed by atoms with Crippen LogP contribution in [0.3, 0.4) is 0 Å². The van der Waals surface area contributed by atoms with E-state index in [0.717, 1.165) is 23.6 Å². The first-order chi connectivity index (χ1) is 5.93. The van der Waals surface area contributed by atoms with Crippen LogP contribution in [0.25, 0.3) is 10.3 Å². The molecule has 1 aliphatic rings. The Morgan fingerprint density at radius 3 is 3.17 bits per heavy atom. The Bertz CT molecular complexity index is 375. The zero-order valence-corrected chi connectivity index (χ0v) is 7.10. The van der Waals surface area contributed by atoms with Crippen LogP contribution in [-0.4, -0.2) is 28.4 Å². The Labute approximate surface area is 72.6 Å². The molecule has 12 heavy (non-hydrogen) atoms. The molecular weight excluding hydrogens is 174 g/mol. The average Bonchev–Trinajstić information content (AvgIpc) is 2.40. The van der Waals surface area contributed by atoms with Gasteiger partial charge in [0.15, 0.2) is 0 Å². The van der Waals surface area contributed by atoms with Gasteiger partial charge in [0.1, 0.15) is 15.4 Å². The summed E-state index contributed by atoms with van der Waals surface area (Å²) < 4.78 is 5.10. The molecule has 0 unspecified atom stereocenters. The highest BCUT2D eigenvalue weighted by atomic mass is 32.1. The van der Waals surface area contributed by atoms with Gasteiger partial charge in [0.2, 0.25) is 0 Å². The van der Waals surface area contributed by atoms with Crippen LogP contribution in [0.1, 0.15) is 10.9 Å². The summed E-state index contributed by atoms with van der Waals surface area (Å²) >= 11 is 1.68. The van der Waals surface area contributed by atoms with E-state index in [0.29, 0.717) is 5.92 Å². The van der Waals surface area contributed by atoms with Gasteiger partial charge in [0.05, 0.1) is 25.3 Å². The summed E-state index contributed by atoms with van der Waals surface area (Å²) in [6, 6.07) is 0. The van der Waals surface area contributed by atoms with Gasteiger partial charge in [0.25, 0.3) is 0 Å². The molecule has 4 nitrogen and oxygen atoms in total. The number of hydrogen-bond acceptors (Lipinski definition) is 4. The van der Waals surface area contributed by atoms with Crippen molar-refractivity contribution in [3.8, 4) is 0 Å². The second-order valence-corrected chi connectivity index (χ2v) is 3.90. The number of H-pyrrole nitrogens is 1. The highest BCUT2D eigenvalue weighted by Crippen LogP contribution is 2.30. The lowest BCUT2D eigenvalue weighted by molar-refractivity contribution is 0.00842. The molecule has 0 aromatic carbocycles. The van der Waals surface area contributed by atoms with Crippen molar-refractivity contribution in [2.45, 2.75) is 5.92 Å². The maximum atomic E-state index is 5.10. The van der Waals surface area contributed by atoms with Crippen LogP contribution < -0.4 is 0 Å². The minimum absolute atomic E-state index is 0.524. The van der Waals surface area contributed by atoms with Crippen molar-refractivity contribution >= 4 is 21.7 Å². The minimum atomic E-state index is 0.524. The molecule has 0 atom stereocenters. The van der Waals surface area contributed by atoms with E-state index in [1.807, 2.05) is 0 Å². The van der Waals surface area contributed by atoms with Gasteiger partial charge in [0, 0.05) is 0 Å². The summed E-state index contributed by atoms with van der Waals surface area (Å²) in [4.78, 5) is 5.51. The van der Waals surface area contributed by atoms with E-state index in [4.69, 9.17) is 4.74 Å². The molecule has 0 spiro atoms. The summed E-state index contributed by atoms with van der Waals surface area (Å²) in [6.07, 6.45) is 1.76. The molecule has 2 aromatic heterocycles. The summed E-state index contributed by atoms with van der Waals surface area (Å²) in [7, 11) is 0.